The molecule has 0 atom stereocenters. The van der Waals surface area contributed by atoms with Gasteiger partial charge in [-0.3, -0.25) is 0 Å². The third kappa shape index (κ3) is 3.07. The number of hydrogen-bond acceptors (Lipinski definition) is 0. The van der Waals surface area contributed by atoms with Gasteiger partial charge >= 0.3 is 0 Å². The summed E-state index contributed by atoms with van der Waals surface area (Å²) in [5, 5.41) is 6.37. The predicted molar refractivity (Wildman–Crippen MR) is 161 cm³/mol. The average molecular weight is 485 g/mol. The maximum absolute atomic E-state index is 2.39. The van der Waals surface area contributed by atoms with Crippen molar-refractivity contribution in [2.75, 3.05) is 0 Å². The normalized spacial score (nSPS) is 11.7. The molecule has 0 saturated heterocycles. The second-order valence-electron chi connectivity index (χ2n) is 9.85. The van der Waals surface area contributed by atoms with Gasteiger partial charge in [0.1, 0.15) is 0 Å². The molecule has 0 radical (unpaired) electrons. The van der Waals surface area contributed by atoms with E-state index < -0.39 is 0 Å². The van der Waals surface area contributed by atoms with E-state index >= 15 is 0 Å². The van der Waals surface area contributed by atoms with Crippen LogP contribution >= 0.6 is 0 Å². The Morgan fingerprint density at radius 1 is 0.421 bits per heavy atom. The van der Waals surface area contributed by atoms with Crippen LogP contribution < -0.4 is 0 Å². The monoisotopic (exact) mass is 484 g/mol. The van der Waals surface area contributed by atoms with Crippen molar-refractivity contribution in [3.63, 3.8) is 0 Å². The van der Waals surface area contributed by atoms with Gasteiger partial charge in [0.2, 0.25) is 0 Å². The first-order valence-electron chi connectivity index (χ1n) is 13.0. The minimum absolute atomic E-state index is 1.17. The number of benzene rings is 6. The molecule has 6 aromatic carbocycles. The number of fused-ring (bicyclic) bond motifs is 7. The summed E-state index contributed by atoms with van der Waals surface area (Å²) in [4.78, 5) is 0. The van der Waals surface area contributed by atoms with Crippen LogP contribution in [0, 0.1) is 0 Å². The Morgan fingerprint density at radius 2 is 1.13 bits per heavy atom. The van der Waals surface area contributed by atoms with Gasteiger partial charge in [-0.15, -0.1) is 0 Å². The van der Waals surface area contributed by atoms with Crippen LogP contribution in [0.1, 0.15) is 0 Å². The molecule has 0 fully saturated rings. The molecule has 2 heteroatoms. The molecule has 0 aliphatic carbocycles. The first-order valence-corrected chi connectivity index (χ1v) is 13.0. The number of rotatable bonds is 3. The number of hydrogen-bond donors (Lipinski definition) is 0. The second-order valence-corrected chi connectivity index (χ2v) is 9.85. The van der Waals surface area contributed by atoms with E-state index in [-0.39, 0.29) is 0 Å². The summed E-state index contributed by atoms with van der Waals surface area (Å²) in [7, 11) is 0. The van der Waals surface area contributed by atoms with Crippen molar-refractivity contribution >= 4 is 43.5 Å². The van der Waals surface area contributed by atoms with Crippen LogP contribution in [-0.4, -0.2) is 9.13 Å². The molecule has 178 valence electrons. The van der Waals surface area contributed by atoms with E-state index in [1.807, 2.05) is 0 Å². The van der Waals surface area contributed by atoms with Gasteiger partial charge in [-0.25, -0.2) is 0 Å². The van der Waals surface area contributed by atoms with Crippen molar-refractivity contribution in [3.05, 3.63) is 146 Å². The van der Waals surface area contributed by atoms with Gasteiger partial charge in [-0.05, 0) is 59.0 Å². The van der Waals surface area contributed by atoms with E-state index in [2.05, 4.69) is 155 Å². The fourth-order valence-electron chi connectivity index (χ4n) is 6.04. The lowest BCUT2D eigenvalue weighted by molar-refractivity contribution is 1.13. The highest BCUT2D eigenvalue weighted by Crippen LogP contribution is 2.39. The standard InChI is InChI=1S/C36H24N2/c1-3-10-25(11-4-1)27-12-9-15-29(24-27)37-23-22-26-18-19-30-31(36(26)37)20-21-34-35(30)32-16-7-8-17-33(32)38(34)28-13-5-2-6-14-28/h1-24H. The molecular formula is C36H24N2. The molecule has 8 rings (SSSR count). The molecule has 0 amide bonds. The fourth-order valence-corrected chi connectivity index (χ4v) is 6.04. The summed E-state index contributed by atoms with van der Waals surface area (Å²) in [6.07, 6.45) is 2.20. The quantitative estimate of drug-likeness (QED) is 0.236. The van der Waals surface area contributed by atoms with Crippen molar-refractivity contribution < 1.29 is 0 Å². The fraction of sp³-hybridized carbons (Fsp3) is 0. The van der Waals surface area contributed by atoms with Crippen molar-refractivity contribution in [2.45, 2.75) is 0 Å². The van der Waals surface area contributed by atoms with Gasteiger partial charge in [0.15, 0.2) is 0 Å². The first kappa shape index (κ1) is 21.0. The summed E-state index contributed by atoms with van der Waals surface area (Å²) in [6, 6.07) is 50.2. The van der Waals surface area contributed by atoms with Gasteiger partial charge in [-0.2, -0.15) is 0 Å². The zero-order valence-electron chi connectivity index (χ0n) is 20.8. The van der Waals surface area contributed by atoms with E-state index in [1.165, 1.54) is 66.0 Å². The number of para-hydroxylation sites is 2. The van der Waals surface area contributed by atoms with Crippen molar-refractivity contribution in [1.29, 1.82) is 0 Å². The maximum Gasteiger partial charge on any atom is 0.0607 e. The molecule has 0 bridgehead atoms. The Bertz CT molecular complexity index is 2110. The highest BCUT2D eigenvalue weighted by Gasteiger charge is 2.17. The summed E-state index contributed by atoms with van der Waals surface area (Å²) in [5.74, 6) is 0. The van der Waals surface area contributed by atoms with Crippen LogP contribution in [-0.2, 0) is 0 Å². The molecule has 0 aliphatic rings. The summed E-state index contributed by atoms with van der Waals surface area (Å²) < 4.78 is 4.73. The van der Waals surface area contributed by atoms with Crippen molar-refractivity contribution in [2.24, 2.45) is 0 Å². The van der Waals surface area contributed by atoms with Crippen LogP contribution in [0.2, 0.25) is 0 Å². The predicted octanol–water partition coefficient (Wildman–Crippen LogP) is 9.55. The Hall–Kier alpha value is -5.08. The third-order valence-electron chi connectivity index (χ3n) is 7.73. The van der Waals surface area contributed by atoms with Crippen LogP contribution in [0.5, 0.6) is 0 Å². The van der Waals surface area contributed by atoms with E-state index in [1.54, 1.807) is 0 Å². The van der Waals surface area contributed by atoms with Crippen LogP contribution in [0.15, 0.2) is 146 Å². The van der Waals surface area contributed by atoms with Crippen molar-refractivity contribution in [3.8, 4) is 22.5 Å². The van der Waals surface area contributed by atoms with Crippen LogP contribution in [0.25, 0.3) is 66.0 Å². The molecule has 0 spiro atoms. The molecule has 0 unspecified atom stereocenters. The zero-order valence-corrected chi connectivity index (χ0v) is 20.8. The lowest BCUT2D eigenvalue weighted by atomic mass is 10.0. The molecule has 0 N–H and O–H groups in total. The van der Waals surface area contributed by atoms with Crippen molar-refractivity contribution in [1.82, 2.24) is 9.13 Å². The van der Waals surface area contributed by atoms with E-state index in [9.17, 15) is 0 Å². The van der Waals surface area contributed by atoms with Crippen LogP contribution in [0.4, 0.5) is 0 Å². The van der Waals surface area contributed by atoms with Gasteiger partial charge in [0.05, 0.1) is 16.6 Å². The summed E-state index contributed by atoms with van der Waals surface area (Å²) in [5.41, 5.74) is 8.50. The molecule has 38 heavy (non-hydrogen) atoms. The van der Waals surface area contributed by atoms with Gasteiger partial charge in [0.25, 0.3) is 0 Å². The highest BCUT2D eigenvalue weighted by atomic mass is 15.0. The minimum Gasteiger partial charge on any atom is -0.316 e. The summed E-state index contributed by atoms with van der Waals surface area (Å²) >= 11 is 0. The molecule has 0 aliphatic heterocycles. The molecule has 0 saturated carbocycles. The SMILES string of the molecule is c1ccc(-c2cccc(-n3ccc4ccc5c(ccc6c5c5ccccc5n6-c5ccccc5)c43)c2)cc1. The molecule has 2 heterocycles. The minimum atomic E-state index is 1.17. The van der Waals surface area contributed by atoms with Gasteiger partial charge in [-0.1, -0.05) is 97.1 Å². The number of aromatic nitrogens is 2. The topological polar surface area (TPSA) is 9.86 Å². The van der Waals surface area contributed by atoms with E-state index in [0.29, 0.717) is 0 Å². The Labute approximate surface area is 220 Å². The zero-order chi connectivity index (χ0) is 25.1. The molecule has 2 nitrogen and oxygen atoms in total. The smallest absolute Gasteiger partial charge is 0.0607 e. The van der Waals surface area contributed by atoms with Gasteiger partial charge in [0, 0.05) is 39.1 Å². The second kappa shape index (κ2) is 8.22. The average Bonchev–Trinajstić information content (AvgIpc) is 3.58. The molecular weight excluding hydrogens is 460 g/mol. The lowest BCUT2D eigenvalue weighted by Crippen LogP contribution is -1.94. The van der Waals surface area contributed by atoms with Crippen LogP contribution in [0.3, 0.4) is 0 Å². The largest absolute Gasteiger partial charge is 0.316 e. The Kier molecular flexibility index (Phi) is 4.55. The maximum atomic E-state index is 2.39. The molecule has 8 aromatic rings. The summed E-state index contributed by atoms with van der Waals surface area (Å²) in [6.45, 7) is 0. The Balaban J connectivity index is 1.43. The van der Waals surface area contributed by atoms with E-state index in [4.69, 9.17) is 0 Å². The highest BCUT2D eigenvalue weighted by molar-refractivity contribution is 6.25. The molecule has 2 aromatic heterocycles. The Morgan fingerprint density at radius 3 is 2.00 bits per heavy atom. The van der Waals surface area contributed by atoms with Gasteiger partial charge < -0.3 is 9.13 Å². The lowest BCUT2D eigenvalue weighted by Gasteiger charge is -2.12. The van der Waals surface area contributed by atoms with E-state index in [0.717, 1.165) is 0 Å². The number of nitrogens with zero attached hydrogens (tertiary/aromatic N) is 2. The third-order valence-corrected chi connectivity index (χ3v) is 7.73. The first-order chi connectivity index (χ1) is 18.9.